The van der Waals surface area contributed by atoms with Crippen LogP contribution >= 0.6 is 7.82 Å². The molecule has 4 N–H and O–H groups in total. The molecule has 0 radical (unpaired) electrons. The molecule has 1 saturated heterocycles. The van der Waals surface area contributed by atoms with Crippen LogP contribution in [0.5, 0.6) is 0 Å². The Morgan fingerprint density at radius 2 is 1.71 bits per heavy atom. The number of phosphoric acid groups is 1. The van der Waals surface area contributed by atoms with E-state index in [1.165, 1.54) is 0 Å². The van der Waals surface area contributed by atoms with Crippen molar-refractivity contribution < 1.29 is 108 Å². The second-order valence-electron chi connectivity index (χ2n) is 3.95. The summed E-state index contributed by atoms with van der Waals surface area (Å²) in [5.74, 6) is 0. The van der Waals surface area contributed by atoms with Gasteiger partial charge >= 0.3 is 59.1 Å². The van der Waals surface area contributed by atoms with E-state index in [-0.39, 0.29) is 59.1 Å². The second-order valence-corrected chi connectivity index (χ2v) is 5.06. The smallest absolute Gasteiger partial charge is 0.790 e. The Morgan fingerprint density at radius 3 is 2.10 bits per heavy atom. The number of rotatable bonds is 5. The topological polar surface area (TPSA) is 172 Å². The number of hydrogen-bond acceptors (Lipinski definition) is 10. The Morgan fingerprint density at radius 1 is 1.19 bits per heavy atom. The molecule has 0 spiro atoms. The fourth-order valence-electron chi connectivity index (χ4n) is 1.74. The maximum Gasteiger partial charge on any atom is 1.00 e. The van der Waals surface area contributed by atoms with Crippen LogP contribution < -0.4 is 68.9 Å². The van der Waals surface area contributed by atoms with Gasteiger partial charge in [-0.1, -0.05) is 0 Å². The van der Waals surface area contributed by atoms with Gasteiger partial charge in [0.05, 0.1) is 14.4 Å². The standard InChI is InChI=1S/C8H17O10P.2Na/c1-16-8-6(12)4(10)5(11)7(17-8)3(2-9)18-19(13,14)15;;/h3-12H,2H2,1H3,(H2,13,14,15);;/q;2*+1/p-2/t3-,4-,5-,6-,7+,8+;;/m0../s1. The molecule has 1 aliphatic heterocycles. The van der Waals surface area contributed by atoms with E-state index in [1.807, 2.05) is 0 Å². The molecule has 0 aromatic carbocycles. The van der Waals surface area contributed by atoms with Crippen LogP contribution in [0, 0.1) is 0 Å². The summed E-state index contributed by atoms with van der Waals surface area (Å²) < 4.78 is 24.2. The number of ether oxygens (including phenoxy) is 2. The monoisotopic (exact) mass is 348 g/mol. The summed E-state index contributed by atoms with van der Waals surface area (Å²) in [5.41, 5.74) is 0. The van der Waals surface area contributed by atoms with E-state index < -0.39 is 51.2 Å². The fourth-order valence-corrected chi connectivity index (χ4v) is 2.26. The quantitative estimate of drug-likeness (QED) is 0.276. The molecule has 0 saturated carbocycles. The van der Waals surface area contributed by atoms with Crippen molar-refractivity contribution in [3.63, 3.8) is 0 Å². The van der Waals surface area contributed by atoms with E-state index in [2.05, 4.69) is 9.26 Å². The van der Waals surface area contributed by atoms with Gasteiger partial charge in [-0.25, -0.2) is 0 Å². The fraction of sp³-hybridized carbons (Fsp3) is 1.00. The molecule has 0 aromatic heterocycles. The van der Waals surface area contributed by atoms with Crippen LogP contribution in [0.3, 0.4) is 0 Å². The number of aliphatic hydroxyl groups excluding tert-OH is 4. The first kappa shape index (κ1) is 25.1. The normalized spacial score (nSPS) is 34.5. The molecule has 21 heavy (non-hydrogen) atoms. The first-order chi connectivity index (χ1) is 8.71. The summed E-state index contributed by atoms with van der Waals surface area (Å²) in [6.45, 7) is -0.963. The van der Waals surface area contributed by atoms with Crippen LogP contribution in [0.15, 0.2) is 0 Å². The zero-order chi connectivity index (χ0) is 14.8. The Hall–Kier alpha value is 1.87. The average Bonchev–Trinajstić information content (AvgIpc) is 2.33. The maximum atomic E-state index is 10.5. The maximum absolute atomic E-state index is 10.5. The van der Waals surface area contributed by atoms with E-state index in [4.69, 9.17) is 9.84 Å². The first-order valence-electron chi connectivity index (χ1n) is 5.25. The van der Waals surface area contributed by atoms with Crippen molar-refractivity contribution in [3.05, 3.63) is 0 Å². The van der Waals surface area contributed by atoms with Gasteiger partial charge in [-0.2, -0.15) is 0 Å². The molecule has 0 aromatic rings. The summed E-state index contributed by atoms with van der Waals surface area (Å²) in [6.07, 6.45) is -9.75. The molecule has 114 valence electrons. The number of hydrogen-bond donors (Lipinski definition) is 4. The van der Waals surface area contributed by atoms with Gasteiger partial charge in [0.25, 0.3) is 0 Å². The van der Waals surface area contributed by atoms with Gasteiger partial charge in [-0.3, -0.25) is 0 Å². The van der Waals surface area contributed by atoms with E-state index >= 15 is 0 Å². The van der Waals surface area contributed by atoms with Gasteiger partial charge in [0.2, 0.25) is 0 Å². The predicted octanol–water partition coefficient (Wildman–Crippen LogP) is -10.3. The van der Waals surface area contributed by atoms with Gasteiger partial charge in [-0.15, -0.1) is 0 Å². The van der Waals surface area contributed by atoms with Crippen molar-refractivity contribution in [1.82, 2.24) is 0 Å². The molecule has 0 amide bonds. The van der Waals surface area contributed by atoms with Crippen LogP contribution in [0.4, 0.5) is 0 Å². The molecule has 6 atom stereocenters. The molecule has 1 heterocycles. The van der Waals surface area contributed by atoms with Crippen molar-refractivity contribution in [2.24, 2.45) is 0 Å². The summed E-state index contributed by atoms with van der Waals surface area (Å²) in [7, 11) is -4.30. The molecule has 10 nitrogen and oxygen atoms in total. The van der Waals surface area contributed by atoms with E-state index in [9.17, 15) is 29.7 Å². The van der Waals surface area contributed by atoms with Crippen LogP contribution in [-0.2, 0) is 18.6 Å². The van der Waals surface area contributed by atoms with Gasteiger partial charge in [-0.05, 0) is 0 Å². The summed E-state index contributed by atoms with van der Waals surface area (Å²) in [5, 5.41) is 37.6. The Bertz CT molecular complexity index is 339. The molecule has 0 aliphatic carbocycles. The number of phosphoric ester groups is 1. The van der Waals surface area contributed by atoms with E-state index in [1.54, 1.807) is 0 Å². The third-order valence-electron chi connectivity index (χ3n) is 2.65. The predicted molar refractivity (Wildman–Crippen MR) is 53.3 cm³/mol. The molecule has 1 rings (SSSR count). The SMILES string of the molecule is CO[C@@H]1O[C@H]([C@H](CO)OP(=O)([O-])[O-])[C@@H](O)[C@H](O)[C@@H]1O.[Na+].[Na+]. The van der Waals surface area contributed by atoms with E-state index in [0.29, 0.717) is 0 Å². The molecule has 1 aliphatic rings. The summed E-state index contributed by atoms with van der Waals surface area (Å²) in [4.78, 5) is 21.0. The van der Waals surface area contributed by atoms with E-state index in [0.717, 1.165) is 7.11 Å². The van der Waals surface area contributed by atoms with Crippen molar-refractivity contribution >= 4 is 7.82 Å². The molecule has 0 bridgehead atoms. The van der Waals surface area contributed by atoms with Gasteiger partial charge in [0.1, 0.15) is 30.5 Å². The zero-order valence-corrected chi connectivity index (χ0v) is 16.8. The summed E-state index contributed by atoms with van der Waals surface area (Å²) >= 11 is 0. The number of aliphatic hydroxyl groups is 4. The summed E-state index contributed by atoms with van der Waals surface area (Å²) in [6, 6.07) is 0. The van der Waals surface area contributed by atoms with Crippen LogP contribution in [-0.4, -0.2) is 71.0 Å². The third-order valence-corrected chi connectivity index (χ3v) is 3.18. The molecule has 0 unspecified atom stereocenters. The average molecular weight is 348 g/mol. The third kappa shape index (κ3) is 7.10. The van der Waals surface area contributed by atoms with Crippen molar-refractivity contribution in [2.75, 3.05) is 13.7 Å². The number of methoxy groups -OCH3 is 1. The van der Waals surface area contributed by atoms with Crippen LogP contribution in [0.1, 0.15) is 0 Å². The second kappa shape index (κ2) is 10.7. The first-order valence-corrected chi connectivity index (χ1v) is 6.71. The van der Waals surface area contributed by atoms with Crippen molar-refractivity contribution in [1.29, 1.82) is 0 Å². The largest absolute Gasteiger partial charge is 1.00 e. The van der Waals surface area contributed by atoms with Gasteiger partial charge in [0, 0.05) is 7.11 Å². The minimum absolute atomic E-state index is 0. The van der Waals surface area contributed by atoms with Crippen LogP contribution in [0.25, 0.3) is 0 Å². The van der Waals surface area contributed by atoms with Gasteiger partial charge < -0.3 is 48.8 Å². The van der Waals surface area contributed by atoms with Crippen molar-refractivity contribution in [3.8, 4) is 0 Å². The Balaban J connectivity index is 0. The Labute approximate surface area is 165 Å². The van der Waals surface area contributed by atoms with Crippen LogP contribution in [0.2, 0.25) is 0 Å². The minimum atomic E-state index is -5.43. The molecule has 13 heteroatoms. The van der Waals surface area contributed by atoms with Gasteiger partial charge in [0.15, 0.2) is 6.29 Å². The molecular formula is C8H15Na2O10P. The molecular weight excluding hydrogens is 333 g/mol. The zero-order valence-electron chi connectivity index (χ0n) is 11.9. The Kier molecular flexibility index (Phi) is 12.8. The van der Waals surface area contributed by atoms with Crippen molar-refractivity contribution in [2.45, 2.75) is 36.8 Å². The minimum Gasteiger partial charge on any atom is -0.790 e. The molecule has 1 fully saturated rings.